The molecule has 2 aromatic rings. The number of aromatic nitrogens is 2. The van der Waals surface area contributed by atoms with E-state index in [1.54, 1.807) is 10.8 Å². The zero-order valence-corrected chi connectivity index (χ0v) is 14.1. The van der Waals surface area contributed by atoms with Gasteiger partial charge in [-0.3, -0.25) is 14.3 Å². The Morgan fingerprint density at radius 3 is 2.58 bits per heavy atom. The van der Waals surface area contributed by atoms with Crippen molar-refractivity contribution >= 4 is 18.0 Å². The Kier molecular flexibility index (Phi) is 5.89. The maximum absolute atomic E-state index is 11.8. The minimum Gasteiger partial charge on any atom is -0.460 e. The van der Waals surface area contributed by atoms with Crippen molar-refractivity contribution in [1.29, 1.82) is 0 Å². The Morgan fingerprint density at radius 1 is 1.25 bits per heavy atom. The number of amides is 1. The summed E-state index contributed by atoms with van der Waals surface area (Å²) in [5.74, 6) is -0.830. The lowest BCUT2D eigenvalue weighted by atomic mass is 10.2. The average Bonchev–Trinajstić information content (AvgIpc) is 2.82. The second-order valence-electron chi connectivity index (χ2n) is 5.41. The lowest BCUT2D eigenvalue weighted by Gasteiger charge is -2.05. The quantitative estimate of drug-likeness (QED) is 0.650. The van der Waals surface area contributed by atoms with Crippen molar-refractivity contribution in [2.75, 3.05) is 6.54 Å². The van der Waals surface area contributed by atoms with E-state index in [2.05, 4.69) is 10.4 Å². The number of nitrogens with one attached hydrogen (secondary N) is 1. The van der Waals surface area contributed by atoms with Gasteiger partial charge < -0.3 is 10.1 Å². The summed E-state index contributed by atoms with van der Waals surface area (Å²) in [5.41, 5.74) is 3.62. The molecule has 6 nitrogen and oxygen atoms in total. The molecule has 0 unspecified atom stereocenters. The number of ether oxygens (including phenoxy) is 1. The number of carbonyl (C=O) groups is 2. The molecule has 1 amide bonds. The molecule has 0 fully saturated rings. The molecule has 0 radical (unpaired) electrons. The van der Waals surface area contributed by atoms with Gasteiger partial charge in [0.05, 0.1) is 5.69 Å². The Hall–Kier alpha value is -2.89. The first-order chi connectivity index (χ1) is 11.5. The van der Waals surface area contributed by atoms with E-state index in [4.69, 9.17) is 4.74 Å². The number of esters is 1. The Morgan fingerprint density at radius 2 is 1.96 bits per heavy atom. The smallest absolute Gasteiger partial charge is 0.325 e. The molecule has 0 bridgehead atoms. The molecular formula is C18H21N3O3. The highest BCUT2D eigenvalue weighted by Gasteiger charge is 2.08. The zero-order chi connectivity index (χ0) is 17.5. The summed E-state index contributed by atoms with van der Waals surface area (Å²) in [4.78, 5) is 23.4. The van der Waals surface area contributed by atoms with Crippen LogP contribution >= 0.6 is 0 Å². The van der Waals surface area contributed by atoms with Crippen molar-refractivity contribution in [1.82, 2.24) is 15.1 Å². The molecule has 0 aliphatic heterocycles. The van der Waals surface area contributed by atoms with E-state index in [0.29, 0.717) is 0 Å². The predicted octanol–water partition coefficient (Wildman–Crippen LogP) is 1.91. The van der Waals surface area contributed by atoms with E-state index in [1.165, 1.54) is 6.08 Å². The summed E-state index contributed by atoms with van der Waals surface area (Å²) in [6.45, 7) is 3.84. The van der Waals surface area contributed by atoms with Crippen molar-refractivity contribution in [2.45, 2.75) is 20.5 Å². The summed E-state index contributed by atoms with van der Waals surface area (Å²) in [5, 5.41) is 6.78. The molecule has 0 aliphatic carbocycles. The maximum Gasteiger partial charge on any atom is 0.325 e. The predicted molar refractivity (Wildman–Crippen MR) is 91.0 cm³/mol. The third kappa shape index (κ3) is 4.81. The van der Waals surface area contributed by atoms with Gasteiger partial charge in [-0.2, -0.15) is 5.10 Å². The lowest BCUT2D eigenvalue weighted by Crippen LogP contribution is -2.29. The van der Waals surface area contributed by atoms with Gasteiger partial charge in [-0.15, -0.1) is 0 Å². The van der Waals surface area contributed by atoms with E-state index in [0.717, 1.165) is 22.5 Å². The van der Waals surface area contributed by atoms with Crippen LogP contribution in [0, 0.1) is 13.8 Å². The molecule has 0 atom stereocenters. The van der Waals surface area contributed by atoms with Crippen LogP contribution in [0.2, 0.25) is 0 Å². The van der Waals surface area contributed by atoms with E-state index >= 15 is 0 Å². The molecule has 24 heavy (non-hydrogen) atoms. The first-order valence-electron chi connectivity index (χ1n) is 7.63. The van der Waals surface area contributed by atoms with Crippen LogP contribution in [-0.2, 0) is 28.0 Å². The van der Waals surface area contributed by atoms with Crippen molar-refractivity contribution in [3.8, 4) is 0 Å². The van der Waals surface area contributed by atoms with Gasteiger partial charge in [-0.1, -0.05) is 30.3 Å². The number of rotatable bonds is 6. The standard InChI is InChI=1S/C18H21N3O3/c1-13-16(14(2)21(3)20-13)9-10-17(22)19-11-18(23)24-12-15-7-5-4-6-8-15/h4-10H,11-12H2,1-3H3,(H,19,22)/b10-9+. The highest BCUT2D eigenvalue weighted by molar-refractivity contribution is 5.93. The van der Waals surface area contributed by atoms with Crippen molar-refractivity contribution < 1.29 is 14.3 Å². The van der Waals surface area contributed by atoms with Crippen molar-refractivity contribution in [3.05, 3.63) is 58.9 Å². The molecule has 1 N–H and O–H groups in total. The van der Waals surface area contributed by atoms with E-state index < -0.39 is 5.97 Å². The molecule has 1 aromatic heterocycles. The first kappa shape index (κ1) is 17.5. The number of hydrogen-bond acceptors (Lipinski definition) is 4. The summed E-state index contributed by atoms with van der Waals surface area (Å²) >= 11 is 0. The number of benzene rings is 1. The second-order valence-corrected chi connectivity index (χ2v) is 5.41. The SMILES string of the molecule is Cc1nn(C)c(C)c1/C=C/C(=O)NCC(=O)OCc1ccccc1. The molecule has 6 heteroatoms. The van der Waals surface area contributed by atoms with Gasteiger partial charge in [-0.05, 0) is 25.5 Å². The van der Waals surface area contributed by atoms with Gasteiger partial charge in [0.1, 0.15) is 13.2 Å². The van der Waals surface area contributed by atoms with Gasteiger partial charge in [0.15, 0.2) is 0 Å². The van der Waals surface area contributed by atoms with Gasteiger partial charge >= 0.3 is 5.97 Å². The van der Waals surface area contributed by atoms with Crippen LogP contribution in [0.15, 0.2) is 36.4 Å². The molecule has 1 heterocycles. The second kappa shape index (κ2) is 8.10. The van der Waals surface area contributed by atoms with Crippen LogP contribution in [-0.4, -0.2) is 28.2 Å². The first-order valence-corrected chi connectivity index (χ1v) is 7.63. The summed E-state index contributed by atoms with van der Waals surface area (Å²) in [6, 6.07) is 9.38. The third-order valence-corrected chi connectivity index (χ3v) is 3.62. The highest BCUT2D eigenvalue weighted by Crippen LogP contribution is 2.13. The van der Waals surface area contributed by atoms with Gasteiger partial charge in [0.25, 0.3) is 0 Å². The monoisotopic (exact) mass is 327 g/mol. The van der Waals surface area contributed by atoms with E-state index in [9.17, 15) is 9.59 Å². The fourth-order valence-corrected chi connectivity index (χ4v) is 2.20. The third-order valence-electron chi connectivity index (χ3n) is 3.62. The highest BCUT2D eigenvalue weighted by atomic mass is 16.5. The van der Waals surface area contributed by atoms with Crippen LogP contribution in [0.5, 0.6) is 0 Å². The maximum atomic E-state index is 11.8. The van der Waals surface area contributed by atoms with Crippen LogP contribution in [0.3, 0.4) is 0 Å². The molecular weight excluding hydrogens is 306 g/mol. The normalized spacial score (nSPS) is 10.8. The Bertz CT molecular complexity index is 748. The minimum absolute atomic E-state index is 0.166. The van der Waals surface area contributed by atoms with E-state index in [1.807, 2.05) is 51.2 Å². The lowest BCUT2D eigenvalue weighted by molar-refractivity contribution is -0.144. The largest absolute Gasteiger partial charge is 0.460 e. The fourth-order valence-electron chi connectivity index (χ4n) is 2.20. The molecule has 126 valence electrons. The fraction of sp³-hybridized carbons (Fsp3) is 0.278. The average molecular weight is 327 g/mol. The summed E-state index contributed by atoms with van der Waals surface area (Å²) < 4.78 is 6.85. The molecule has 0 saturated carbocycles. The van der Waals surface area contributed by atoms with Gasteiger partial charge in [-0.25, -0.2) is 0 Å². The molecule has 0 aliphatic rings. The number of aryl methyl sites for hydroxylation is 2. The summed E-state index contributed by atoms with van der Waals surface area (Å²) in [6.07, 6.45) is 3.09. The Labute approximate surface area is 141 Å². The van der Waals surface area contributed by atoms with Crippen LogP contribution in [0.4, 0.5) is 0 Å². The van der Waals surface area contributed by atoms with Gasteiger partial charge in [0, 0.05) is 24.4 Å². The Balaban J connectivity index is 1.78. The van der Waals surface area contributed by atoms with Crippen LogP contribution in [0.25, 0.3) is 6.08 Å². The minimum atomic E-state index is -0.477. The van der Waals surface area contributed by atoms with E-state index in [-0.39, 0.29) is 19.1 Å². The number of nitrogens with zero attached hydrogens (tertiary/aromatic N) is 2. The van der Waals surface area contributed by atoms with Crippen LogP contribution < -0.4 is 5.32 Å². The zero-order valence-electron chi connectivity index (χ0n) is 14.1. The molecule has 0 saturated heterocycles. The van der Waals surface area contributed by atoms with Crippen molar-refractivity contribution in [3.63, 3.8) is 0 Å². The molecule has 1 aromatic carbocycles. The number of carbonyl (C=O) groups excluding carboxylic acids is 2. The van der Waals surface area contributed by atoms with Crippen LogP contribution in [0.1, 0.15) is 22.5 Å². The number of hydrogen-bond donors (Lipinski definition) is 1. The topological polar surface area (TPSA) is 73.2 Å². The van der Waals surface area contributed by atoms with Crippen molar-refractivity contribution in [2.24, 2.45) is 7.05 Å². The molecule has 0 spiro atoms. The summed E-state index contributed by atoms with van der Waals surface area (Å²) in [7, 11) is 1.85. The molecule has 2 rings (SSSR count). The van der Waals surface area contributed by atoms with Gasteiger partial charge in [0.2, 0.25) is 5.91 Å².